The van der Waals surface area contributed by atoms with E-state index < -0.39 is 6.36 Å². The molecule has 1 saturated carbocycles. The molecule has 2 fully saturated rings. The SMILES string of the molecule is NC(=NC1CC(N2CCCCC2)C1)Nc1ccccc1OC(F)(F)F. The van der Waals surface area contributed by atoms with Gasteiger partial charge in [0.1, 0.15) is 0 Å². The molecule has 1 heterocycles. The van der Waals surface area contributed by atoms with E-state index in [-0.39, 0.29) is 23.4 Å². The highest BCUT2D eigenvalue weighted by atomic mass is 19.4. The molecule has 1 aliphatic carbocycles. The van der Waals surface area contributed by atoms with Crippen molar-refractivity contribution in [3.63, 3.8) is 0 Å². The van der Waals surface area contributed by atoms with E-state index in [4.69, 9.17) is 5.73 Å². The minimum absolute atomic E-state index is 0.111. The Morgan fingerprint density at radius 1 is 1.16 bits per heavy atom. The topological polar surface area (TPSA) is 62.9 Å². The summed E-state index contributed by atoms with van der Waals surface area (Å²) < 4.78 is 41.3. The van der Waals surface area contributed by atoms with E-state index in [1.165, 1.54) is 37.5 Å². The second-order valence-electron chi connectivity index (χ2n) is 6.56. The van der Waals surface area contributed by atoms with E-state index in [0.29, 0.717) is 6.04 Å². The zero-order chi connectivity index (χ0) is 17.9. The number of nitrogens with two attached hydrogens (primary N) is 1. The first-order chi connectivity index (χ1) is 11.9. The highest BCUT2D eigenvalue weighted by Gasteiger charge is 2.34. The van der Waals surface area contributed by atoms with Crippen LogP contribution in [0.4, 0.5) is 18.9 Å². The van der Waals surface area contributed by atoms with Crippen LogP contribution in [0.1, 0.15) is 32.1 Å². The maximum absolute atomic E-state index is 12.4. The lowest BCUT2D eigenvalue weighted by atomic mass is 9.85. The minimum Gasteiger partial charge on any atom is -0.404 e. The number of hydrogen-bond acceptors (Lipinski definition) is 3. The second kappa shape index (κ2) is 7.51. The number of guanidine groups is 1. The van der Waals surface area contributed by atoms with Crippen molar-refractivity contribution in [2.75, 3.05) is 18.4 Å². The molecule has 3 rings (SSSR count). The van der Waals surface area contributed by atoms with Gasteiger partial charge in [-0.25, -0.2) is 4.99 Å². The standard InChI is InChI=1S/C17H23F3N4O/c18-17(19,20)25-15-7-3-2-6-14(15)23-16(21)22-12-10-13(11-12)24-8-4-1-5-9-24/h2-3,6-7,12-13H,1,4-5,8-11H2,(H3,21,22,23). The number of rotatable bonds is 4. The molecule has 0 amide bonds. The van der Waals surface area contributed by atoms with E-state index in [1.807, 2.05) is 0 Å². The molecular formula is C17H23F3N4O. The van der Waals surface area contributed by atoms with Gasteiger partial charge in [0.15, 0.2) is 11.7 Å². The lowest BCUT2D eigenvalue weighted by Gasteiger charge is -2.43. The van der Waals surface area contributed by atoms with E-state index in [9.17, 15) is 13.2 Å². The van der Waals surface area contributed by atoms with Gasteiger partial charge in [0, 0.05) is 6.04 Å². The van der Waals surface area contributed by atoms with Gasteiger partial charge in [-0.1, -0.05) is 18.6 Å². The number of anilines is 1. The van der Waals surface area contributed by atoms with Gasteiger partial charge in [-0.2, -0.15) is 0 Å². The maximum atomic E-state index is 12.4. The molecule has 1 aromatic rings. The van der Waals surface area contributed by atoms with Crippen molar-refractivity contribution in [3.05, 3.63) is 24.3 Å². The Morgan fingerprint density at radius 2 is 1.84 bits per heavy atom. The van der Waals surface area contributed by atoms with Crippen molar-refractivity contribution >= 4 is 11.6 Å². The highest BCUT2D eigenvalue weighted by Crippen LogP contribution is 2.32. The zero-order valence-electron chi connectivity index (χ0n) is 13.9. The molecule has 0 spiro atoms. The van der Waals surface area contributed by atoms with Crippen LogP contribution in [0.2, 0.25) is 0 Å². The molecular weight excluding hydrogens is 333 g/mol. The Bertz CT molecular complexity index is 608. The van der Waals surface area contributed by atoms with Crippen molar-refractivity contribution in [1.82, 2.24) is 4.90 Å². The molecule has 5 nitrogen and oxygen atoms in total. The third-order valence-electron chi connectivity index (χ3n) is 4.69. The molecule has 1 aliphatic heterocycles. The van der Waals surface area contributed by atoms with Crippen molar-refractivity contribution in [2.24, 2.45) is 10.7 Å². The van der Waals surface area contributed by atoms with E-state index in [2.05, 4.69) is 19.9 Å². The van der Waals surface area contributed by atoms with Gasteiger partial charge >= 0.3 is 6.36 Å². The summed E-state index contributed by atoms with van der Waals surface area (Å²) in [5.41, 5.74) is 6.01. The molecule has 0 radical (unpaired) electrons. The van der Waals surface area contributed by atoms with Crippen LogP contribution < -0.4 is 15.8 Å². The summed E-state index contributed by atoms with van der Waals surface area (Å²) in [6.45, 7) is 2.30. The molecule has 1 aromatic carbocycles. The average molecular weight is 356 g/mol. The smallest absolute Gasteiger partial charge is 0.404 e. The highest BCUT2D eigenvalue weighted by molar-refractivity contribution is 5.93. The minimum atomic E-state index is -4.75. The largest absolute Gasteiger partial charge is 0.573 e. The number of nitrogens with zero attached hydrogens (tertiary/aromatic N) is 2. The normalized spacial score (nSPS) is 25.3. The number of hydrogen-bond donors (Lipinski definition) is 2. The molecule has 1 saturated heterocycles. The van der Waals surface area contributed by atoms with Gasteiger partial charge in [-0.15, -0.1) is 13.2 Å². The third-order valence-corrected chi connectivity index (χ3v) is 4.69. The van der Waals surface area contributed by atoms with Crippen LogP contribution in [-0.2, 0) is 0 Å². The molecule has 138 valence electrons. The molecule has 3 N–H and O–H groups in total. The number of alkyl halides is 3. The second-order valence-corrected chi connectivity index (χ2v) is 6.56. The van der Waals surface area contributed by atoms with Crippen molar-refractivity contribution < 1.29 is 17.9 Å². The molecule has 0 unspecified atom stereocenters. The summed E-state index contributed by atoms with van der Waals surface area (Å²) >= 11 is 0. The van der Waals surface area contributed by atoms with E-state index in [1.54, 1.807) is 6.07 Å². The Balaban J connectivity index is 1.54. The van der Waals surface area contributed by atoms with Crippen LogP contribution in [0.25, 0.3) is 0 Å². The van der Waals surface area contributed by atoms with E-state index >= 15 is 0 Å². The predicted octanol–water partition coefficient (Wildman–Crippen LogP) is 3.33. The van der Waals surface area contributed by atoms with Crippen molar-refractivity contribution in [2.45, 2.75) is 50.6 Å². The first-order valence-corrected chi connectivity index (χ1v) is 8.60. The summed E-state index contributed by atoms with van der Waals surface area (Å²) in [5.74, 6) is -0.215. The lowest BCUT2D eigenvalue weighted by Crippen LogP contribution is -2.49. The molecule has 0 atom stereocenters. The number of piperidine rings is 1. The fourth-order valence-corrected chi connectivity index (χ4v) is 3.40. The Labute approximate surface area is 145 Å². The van der Waals surface area contributed by atoms with Gasteiger partial charge in [-0.05, 0) is 50.9 Å². The van der Waals surface area contributed by atoms with Crippen molar-refractivity contribution in [1.29, 1.82) is 0 Å². The number of ether oxygens (including phenoxy) is 1. The fourth-order valence-electron chi connectivity index (χ4n) is 3.40. The molecule has 0 aromatic heterocycles. The van der Waals surface area contributed by atoms with Crippen LogP contribution in [0.3, 0.4) is 0 Å². The summed E-state index contributed by atoms with van der Waals surface area (Å²) in [6.07, 6.45) is 0.959. The first-order valence-electron chi connectivity index (χ1n) is 8.60. The lowest BCUT2D eigenvalue weighted by molar-refractivity contribution is -0.274. The number of benzene rings is 1. The Hall–Kier alpha value is -1.96. The first kappa shape index (κ1) is 17.8. The summed E-state index contributed by atoms with van der Waals surface area (Å²) in [5, 5.41) is 2.72. The molecule has 8 heteroatoms. The monoisotopic (exact) mass is 356 g/mol. The third kappa shape index (κ3) is 5.01. The number of halogens is 3. The average Bonchev–Trinajstić information content (AvgIpc) is 2.52. The Morgan fingerprint density at radius 3 is 2.52 bits per heavy atom. The summed E-state index contributed by atoms with van der Waals surface area (Å²) in [4.78, 5) is 6.89. The predicted molar refractivity (Wildman–Crippen MR) is 90.6 cm³/mol. The van der Waals surface area contributed by atoms with Gasteiger partial charge in [-0.3, -0.25) is 0 Å². The number of aliphatic imine (C=N–C) groups is 1. The zero-order valence-corrected chi connectivity index (χ0v) is 13.9. The quantitative estimate of drug-likeness (QED) is 0.642. The summed E-state index contributed by atoms with van der Waals surface area (Å²) in [6, 6.07) is 6.46. The number of likely N-dealkylation sites (tertiary alicyclic amines) is 1. The van der Waals surface area contributed by atoms with Crippen LogP contribution in [-0.4, -0.2) is 42.4 Å². The molecule has 2 aliphatic rings. The van der Waals surface area contributed by atoms with Crippen molar-refractivity contribution in [3.8, 4) is 5.75 Å². The van der Waals surface area contributed by atoms with Crippen LogP contribution in [0.5, 0.6) is 5.75 Å². The molecule has 0 bridgehead atoms. The van der Waals surface area contributed by atoms with Gasteiger partial charge in [0.25, 0.3) is 0 Å². The molecule has 25 heavy (non-hydrogen) atoms. The number of nitrogens with one attached hydrogen (secondary N) is 1. The van der Waals surface area contributed by atoms with Crippen LogP contribution in [0.15, 0.2) is 29.3 Å². The summed E-state index contributed by atoms with van der Waals surface area (Å²) in [7, 11) is 0. The fraction of sp³-hybridized carbons (Fsp3) is 0.588. The van der Waals surface area contributed by atoms with Gasteiger partial charge < -0.3 is 20.7 Å². The van der Waals surface area contributed by atoms with Crippen LogP contribution in [0, 0.1) is 0 Å². The van der Waals surface area contributed by atoms with Gasteiger partial charge in [0.2, 0.25) is 0 Å². The Kier molecular flexibility index (Phi) is 5.36. The number of para-hydroxylation sites is 2. The van der Waals surface area contributed by atoms with Crippen LogP contribution >= 0.6 is 0 Å². The van der Waals surface area contributed by atoms with Gasteiger partial charge in [0.05, 0.1) is 11.7 Å². The van der Waals surface area contributed by atoms with E-state index in [0.717, 1.165) is 25.9 Å². The maximum Gasteiger partial charge on any atom is 0.573 e.